The van der Waals surface area contributed by atoms with Gasteiger partial charge in [-0.25, -0.2) is 0 Å². The lowest BCUT2D eigenvalue weighted by Gasteiger charge is -2.34. The zero-order valence-corrected chi connectivity index (χ0v) is 7.13. The molecular weight excluding hydrogens is 126 g/mol. The molecular formula is C8H17NO. The normalized spacial score (nSPS) is 36.3. The van der Waals surface area contributed by atoms with Gasteiger partial charge in [0.1, 0.15) is 0 Å². The third kappa shape index (κ3) is 1.70. The Morgan fingerprint density at radius 3 is 2.80 bits per heavy atom. The standard InChI is InChI=1S/C8H17NO/c1-4-8-5-9(3)7(2)6-10-8/h7-8H,4-6H2,1-3H3/t7-,8+/m0/s1. The lowest BCUT2D eigenvalue weighted by atomic mass is 10.2. The van der Waals surface area contributed by atoms with E-state index in [9.17, 15) is 0 Å². The van der Waals surface area contributed by atoms with E-state index in [1.54, 1.807) is 0 Å². The Kier molecular flexibility index (Phi) is 2.69. The number of hydrogen-bond donors (Lipinski definition) is 0. The van der Waals surface area contributed by atoms with Crippen LogP contribution in [0.2, 0.25) is 0 Å². The monoisotopic (exact) mass is 143 g/mol. The van der Waals surface area contributed by atoms with Crippen LogP contribution < -0.4 is 0 Å². The molecule has 1 saturated heterocycles. The van der Waals surface area contributed by atoms with Crippen LogP contribution >= 0.6 is 0 Å². The van der Waals surface area contributed by atoms with E-state index in [0.717, 1.165) is 19.6 Å². The van der Waals surface area contributed by atoms with Gasteiger partial charge in [-0.1, -0.05) is 6.92 Å². The lowest BCUT2D eigenvalue weighted by molar-refractivity contribution is -0.0492. The van der Waals surface area contributed by atoms with Crippen LogP contribution in [0.1, 0.15) is 20.3 Å². The maximum absolute atomic E-state index is 5.57. The van der Waals surface area contributed by atoms with Crippen LogP contribution in [0.15, 0.2) is 0 Å². The van der Waals surface area contributed by atoms with Crippen molar-refractivity contribution in [2.45, 2.75) is 32.4 Å². The smallest absolute Gasteiger partial charge is 0.0700 e. The number of morpholine rings is 1. The zero-order valence-electron chi connectivity index (χ0n) is 7.13. The maximum atomic E-state index is 5.57. The molecule has 2 nitrogen and oxygen atoms in total. The molecule has 1 rings (SSSR count). The van der Waals surface area contributed by atoms with Crippen LogP contribution in [0.3, 0.4) is 0 Å². The first-order chi connectivity index (χ1) is 4.74. The SMILES string of the molecule is CC[C@@H]1CN(C)[C@@H](C)CO1. The van der Waals surface area contributed by atoms with E-state index in [1.165, 1.54) is 0 Å². The molecule has 1 fully saturated rings. The van der Waals surface area contributed by atoms with Gasteiger partial charge in [0.15, 0.2) is 0 Å². The number of ether oxygens (including phenoxy) is 1. The van der Waals surface area contributed by atoms with Crippen molar-refractivity contribution < 1.29 is 4.74 Å². The van der Waals surface area contributed by atoms with E-state index >= 15 is 0 Å². The van der Waals surface area contributed by atoms with E-state index in [1.807, 2.05) is 0 Å². The van der Waals surface area contributed by atoms with Crippen molar-refractivity contribution >= 4 is 0 Å². The van der Waals surface area contributed by atoms with Crippen LogP contribution in [0, 0.1) is 0 Å². The fourth-order valence-corrected chi connectivity index (χ4v) is 1.20. The van der Waals surface area contributed by atoms with Crippen LogP contribution in [0.5, 0.6) is 0 Å². The number of rotatable bonds is 1. The van der Waals surface area contributed by atoms with Crippen molar-refractivity contribution in [3.63, 3.8) is 0 Å². The summed E-state index contributed by atoms with van der Waals surface area (Å²) in [7, 11) is 2.16. The Bertz CT molecular complexity index is 105. The van der Waals surface area contributed by atoms with Crippen LogP contribution in [0.4, 0.5) is 0 Å². The van der Waals surface area contributed by atoms with Gasteiger partial charge in [0.05, 0.1) is 12.7 Å². The largest absolute Gasteiger partial charge is 0.375 e. The van der Waals surface area contributed by atoms with Crippen LogP contribution in [0.25, 0.3) is 0 Å². The molecule has 1 heterocycles. The fourth-order valence-electron chi connectivity index (χ4n) is 1.20. The predicted molar refractivity (Wildman–Crippen MR) is 42.1 cm³/mol. The highest BCUT2D eigenvalue weighted by Crippen LogP contribution is 2.10. The molecule has 10 heavy (non-hydrogen) atoms. The van der Waals surface area contributed by atoms with Gasteiger partial charge in [-0.2, -0.15) is 0 Å². The lowest BCUT2D eigenvalue weighted by Crippen LogP contribution is -2.45. The summed E-state index contributed by atoms with van der Waals surface area (Å²) in [5.74, 6) is 0. The van der Waals surface area contributed by atoms with Crippen LogP contribution in [-0.4, -0.2) is 37.2 Å². The average Bonchev–Trinajstić information content (AvgIpc) is 1.95. The summed E-state index contributed by atoms with van der Waals surface area (Å²) in [5, 5.41) is 0. The molecule has 1 aliphatic heterocycles. The average molecular weight is 143 g/mol. The van der Waals surface area contributed by atoms with Gasteiger partial charge < -0.3 is 4.74 Å². The Balaban J connectivity index is 2.33. The molecule has 0 saturated carbocycles. The minimum absolute atomic E-state index is 0.473. The molecule has 2 heteroatoms. The maximum Gasteiger partial charge on any atom is 0.0700 e. The molecule has 60 valence electrons. The summed E-state index contributed by atoms with van der Waals surface area (Å²) in [6.07, 6.45) is 1.61. The first-order valence-electron chi connectivity index (χ1n) is 4.06. The zero-order chi connectivity index (χ0) is 7.56. The van der Waals surface area contributed by atoms with Gasteiger partial charge in [-0.05, 0) is 20.4 Å². The predicted octanol–water partition coefficient (Wildman–Crippen LogP) is 1.12. The van der Waals surface area contributed by atoms with Gasteiger partial charge in [-0.15, -0.1) is 0 Å². The number of nitrogens with zero attached hydrogens (tertiary/aromatic N) is 1. The minimum Gasteiger partial charge on any atom is -0.375 e. The van der Waals surface area contributed by atoms with Crippen molar-refractivity contribution in [1.82, 2.24) is 4.90 Å². The van der Waals surface area contributed by atoms with Crippen molar-refractivity contribution in [2.75, 3.05) is 20.2 Å². The summed E-state index contributed by atoms with van der Waals surface area (Å²) in [6.45, 7) is 6.37. The van der Waals surface area contributed by atoms with E-state index < -0.39 is 0 Å². The minimum atomic E-state index is 0.473. The summed E-state index contributed by atoms with van der Waals surface area (Å²) in [4.78, 5) is 2.36. The highest BCUT2D eigenvalue weighted by Gasteiger charge is 2.21. The molecule has 0 aromatic carbocycles. The summed E-state index contributed by atoms with van der Waals surface area (Å²) < 4.78 is 5.57. The Morgan fingerprint density at radius 2 is 2.30 bits per heavy atom. The van der Waals surface area contributed by atoms with Gasteiger partial charge >= 0.3 is 0 Å². The molecule has 0 aromatic heterocycles. The molecule has 0 bridgehead atoms. The van der Waals surface area contributed by atoms with Crippen molar-refractivity contribution in [3.05, 3.63) is 0 Å². The first-order valence-corrected chi connectivity index (χ1v) is 4.06. The second-order valence-corrected chi connectivity index (χ2v) is 3.15. The van der Waals surface area contributed by atoms with E-state index in [4.69, 9.17) is 4.74 Å². The Labute approximate surface area is 63.2 Å². The summed E-state index contributed by atoms with van der Waals surface area (Å²) >= 11 is 0. The third-order valence-electron chi connectivity index (χ3n) is 2.27. The van der Waals surface area contributed by atoms with Gasteiger partial charge in [0.2, 0.25) is 0 Å². The van der Waals surface area contributed by atoms with Crippen molar-refractivity contribution in [1.29, 1.82) is 0 Å². The first kappa shape index (κ1) is 8.02. The Hall–Kier alpha value is -0.0800. The van der Waals surface area contributed by atoms with E-state index in [-0.39, 0.29) is 0 Å². The van der Waals surface area contributed by atoms with Crippen LogP contribution in [-0.2, 0) is 4.74 Å². The third-order valence-corrected chi connectivity index (χ3v) is 2.27. The number of likely N-dealkylation sites (N-methyl/N-ethyl adjacent to an activating group) is 1. The van der Waals surface area contributed by atoms with Gasteiger partial charge in [0, 0.05) is 12.6 Å². The molecule has 0 N–H and O–H groups in total. The summed E-state index contributed by atoms with van der Waals surface area (Å²) in [5.41, 5.74) is 0. The van der Waals surface area contributed by atoms with E-state index in [0.29, 0.717) is 12.1 Å². The van der Waals surface area contributed by atoms with Crippen molar-refractivity contribution in [2.24, 2.45) is 0 Å². The highest BCUT2D eigenvalue weighted by atomic mass is 16.5. The molecule has 0 aliphatic carbocycles. The fraction of sp³-hybridized carbons (Fsp3) is 1.00. The quantitative estimate of drug-likeness (QED) is 0.545. The molecule has 0 amide bonds. The molecule has 0 unspecified atom stereocenters. The Morgan fingerprint density at radius 1 is 1.60 bits per heavy atom. The van der Waals surface area contributed by atoms with Crippen molar-refractivity contribution in [3.8, 4) is 0 Å². The second-order valence-electron chi connectivity index (χ2n) is 3.15. The molecule has 2 atom stereocenters. The van der Waals surface area contributed by atoms with Gasteiger partial charge in [-0.3, -0.25) is 4.90 Å². The van der Waals surface area contributed by atoms with E-state index in [2.05, 4.69) is 25.8 Å². The molecule has 0 radical (unpaired) electrons. The topological polar surface area (TPSA) is 12.5 Å². The second kappa shape index (κ2) is 3.35. The molecule has 0 aromatic rings. The summed E-state index contributed by atoms with van der Waals surface area (Å²) in [6, 6.07) is 0.600. The van der Waals surface area contributed by atoms with Gasteiger partial charge in [0.25, 0.3) is 0 Å². The number of hydrogen-bond acceptors (Lipinski definition) is 2. The molecule has 1 aliphatic rings. The highest BCUT2D eigenvalue weighted by molar-refractivity contribution is 4.73. The molecule has 0 spiro atoms.